The Balaban J connectivity index is 2.70. The van der Waals surface area contributed by atoms with E-state index in [9.17, 15) is 14.7 Å². The number of imide groups is 1. The Labute approximate surface area is 103 Å². The lowest BCUT2D eigenvalue weighted by molar-refractivity contribution is -0.142. The Morgan fingerprint density at radius 3 is 2.41 bits per heavy atom. The van der Waals surface area contributed by atoms with Crippen LogP contribution in [0.3, 0.4) is 0 Å². The zero-order valence-electron chi connectivity index (χ0n) is 11.2. The quantitative estimate of drug-likeness (QED) is 0.743. The average molecular weight is 241 g/mol. The molecule has 1 aliphatic rings. The highest BCUT2D eigenvalue weighted by Gasteiger charge is 2.49. The fourth-order valence-corrected chi connectivity index (χ4v) is 2.07. The fourth-order valence-electron chi connectivity index (χ4n) is 2.07. The molecule has 0 spiro atoms. The summed E-state index contributed by atoms with van der Waals surface area (Å²) < 4.78 is 0. The fraction of sp³-hybridized carbons (Fsp3) is 0.846. The summed E-state index contributed by atoms with van der Waals surface area (Å²) in [5.41, 5.74) is -0.561. The first-order valence-corrected chi connectivity index (χ1v) is 6.35. The molecule has 0 bridgehead atoms. The molecule has 1 heterocycles. The van der Waals surface area contributed by atoms with Gasteiger partial charge in [0.2, 0.25) is 11.8 Å². The normalized spacial score (nSPS) is 27.1. The maximum atomic E-state index is 12.2. The van der Waals surface area contributed by atoms with Gasteiger partial charge in [0, 0.05) is 13.0 Å². The van der Waals surface area contributed by atoms with Gasteiger partial charge in [0.25, 0.3) is 0 Å². The predicted octanol–water partition coefficient (Wildman–Crippen LogP) is 1.57. The van der Waals surface area contributed by atoms with E-state index in [2.05, 4.69) is 0 Å². The summed E-state index contributed by atoms with van der Waals surface area (Å²) >= 11 is 0. The van der Waals surface area contributed by atoms with Crippen molar-refractivity contribution < 1.29 is 14.7 Å². The van der Waals surface area contributed by atoms with Crippen molar-refractivity contribution in [3.8, 4) is 0 Å². The van der Waals surface area contributed by atoms with E-state index in [-0.39, 0.29) is 17.7 Å². The number of carbonyl (C=O) groups is 2. The maximum absolute atomic E-state index is 12.2. The van der Waals surface area contributed by atoms with Crippen LogP contribution in [-0.2, 0) is 9.59 Å². The van der Waals surface area contributed by atoms with Crippen LogP contribution in [-0.4, -0.2) is 34.5 Å². The van der Waals surface area contributed by atoms with Crippen molar-refractivity contribution >= 4 is 11.8 Å². The molecule has 0 saturated carbocycles. The number of hydrogen-bond acceptors (Lipinski definition) is 3. The molecule has 0 aromatic carbocycles. The molecule has 0 radical (unpaired) electrons. The summed E-state index contributed by atoms with van der Waals surface area (Å²) in [4.78, 5) is 25.4. The lowest BCUT2D eigenvalue weighted by Gasteiger charge is -2.26. The van der Waals surface area contributed by atoms with E-state index in [0.717, 1.165) is 0 Å². The largest absolute Gasteiger partial charge is 0.393 e. The summed E-state index contributed by atoms with van der Waals surface area (Å²) in [6.07, 6.45) is 0.993. The van der Waals surface area contributed by atoms with Crippen LogP contribution in [0.25, 0.3) is 0 Å². The minimum atomic E-state index is -0.561. The van der Waals surface area contributed by atoms with E-state index in [0.29, 0.717) is 25.8 Å². The second-order valence-corrected chi connectivity index (χ2v) is 5.45. The smallest absolute Gasteiger partial charge is 0.235 e. The van der Waals surface area contributed by atoms with Gasteiger partial charge in [-0.2, -0.15) is 0 Å². The Morgan fingerprint density at radius 2 is 2.00 bits per heavy atom. The molecule has 17 heavy (non-hydrogen) atoms. The summed E-state index contributed by atoms with van der Waals surface area (Å²) in [6, 6.07) is 0. The van der Waals surface area contributed by atoms with Crippen LogP contribution >= 0.6 is 0 Å². The Bertz CT molecular complexity index is 314. The van der Waals surface area contributed by atoms with Crippen molar-refractivity contribution in [2.75, 3.05) is 6.54 Å². The van der Waals surface area contributed by atoms with Gasteiger partial charge < -0.3 is 5.11 Å². The van der Waals surface area contributed by atoms with E-state index >= 15 is 0 Å². The third kappa shape index (κ3) is 2.68. The van der Waals surface area contributed by atoms with E-state index in [1.54, 1.807) is 0 Å². The monoisotopic (exact) mass is 241 g/mol. The van der Waals surface area contributed by atoms with Gasteiger partial charge in [-0.3, -0.25) is 14.5 Å². The third-order valence-electron chi connectivity index (χ3n) is 3.98. The Morgan fingerprint density at radius 1 is 1.41 bits per heavy atom. The third-order valence-corrected chi connectivity index (χ3v) is 3.98. The van der Waals surface area contributed by atoms with Crippen molar-refractivity contribution in [3.05, 3.63) is 0 Å². The molecule has 0 aliphatic carbocycles. The molecule has 4 heteroatoms. The highest BCUT2D eigenvalue weighted by atomic mass is 16.3. The number of hydrogen-bond donors (Lipinski definition) is 1. The zero-order valence-corrected chi connectivity index (χ0v) is 11.2. The van der Waals surface area contributed by atoms with Crippen LogP contribution in [0.5, 0.6) is 0 Å². The van der Waals surface area contributed by atoms with Gasteiger partial charge in [-0.1, -0.05) is 20.8 Å². The van der Waals surface area contributed by atoms with Gasteiger partial charge in [0.15, 0.2) is 0 Å². The van der Waals surface area contributed by atoms with Gasteiger partial charge in [-0.05, 0) is 25.7 Å². The minimum absolute atomic E-state index is 0.0826. The van der Waals surface area contributed by atoms with Crippen molar-refractivity contribution in [2.24, 2.45) is 11.3 Å². The SMILES string of the molecule is CCC(O)CCN1C(=O)CC(C)(C(C)C)C1=O. The van der Waals surface area contributed by atoms with Crippen LogP contribution in [0, 0.1) is 11.3 Å². The highest BCUT2D eigenvalue weighted by Crippen LogP contribution is 2.39. The molecule has 2 unspecified atom stereocenters. The lowest BCUT2D eigenvalue weighted by Crippen LogP contribution is -2.38. The number of amides is 2. The summed E-state index contributed by atoms with van der Waals surface area (Å²) in [5.74, 6) is -0.0321. The van der Waals surface area contributed by atoms with Crippen molar-refractivity contribution in [1.29, 1.82) is 0 Å². The predicted molar refractivity (Wildman–Crippen MR) is 65.2 cm³/mol. The van der Waals surface area contributed by atoms with Gasteiger partial charge in [0.1, 0.15) is 0 Å². The topological polar surface area (TPSA) is 57.6 Å². The molecule has 1 N–H and O–H groups in total. The molecular weight excluding hydrogens is 218 g/mol. The average Bonchev–Trinajstić information content (AvgIpc) is 2.48. The van der Waals surface area contributed by atoms with E-state index < -0.39 is 11.5 Å². The minimum Gasteiger partial charge on any atom is -0.393 e. The van der Waals surface area contributed by atoms with Crippen LogP contribution in [0.1, 0.15) is 47.0 Å². The number of aliphatic hydroxyl groups excluding tert-OH is 1. The van der Waals surface area contributed by atoms with Crippen molar-refractivity contribution in [1.82, 2.24) is 4.90 Å². The number of nitrogens with zero attached hydrogens (tertiary/aromatic N) is 1. The maximum Gasteiger partial charge on any atom is 0.235 e. The van der Waals surface area contributed by atoms with E-state index in [4.69, 9.17) is 0 Å². The van der Waals surface area contributed by atoms with Crippen molar-refractivity contribution in [2.45, 2.75) is 53.1 Å². The summed E-state index contributed by atoms with van der Waals surface area (Å²) in [7, 11) is 0. The number of rotatable bonds is 5. The number of aliphatic hydroxyl groups is 1. The first-order chi connectivity index (χ1) is 7.82. The second kappa shape index (κ2) is 5.17. The molecule has 1 saturated heterocycles. The Kier molecular flexibility index (Phi) is 4.31. The second-order valence-electron chi connectivity index (χ2n) is 5.45. The molecule has 98 valence electrons. The zero-order chi connectivity index (χ0) is 13.2. The van der Waals surface area contributed by atoms with Crippen LogP contribution < -0.4 is 0 Å². The van der Waals surface area contributed by atoms with Gasteiger partial charge in [-0.15, -0.1) is 0 Å². The van der Waals surface area contributed by atoms with Gasteiger partial charge >= 0.3 is 0 Å². The first-order valence-electron chi connectivity index (χ1n) is 6.35. The molecule has 1 fully saturated rings. The van der Waals surface area contributed by atoms with Gasteiger partial charge in [-0.25, -0.2) is 0 Å². The van der Waals surface area contributed by atoms with Crippen molar-refractivity contribution in [3.63, 3.8) is 0 Å². The molecule has 0 aromatic rings. The molecule has 2 amide bonds. The van der Waals surface area contributed by atoms with E-state index in [1.807, 2.05) is 27.7 Å². The first kappa shape index (κ1) is 14.2. The Hall–Kier alpha value is -0.900. The molecule has 1 aliphatic heterocycles. The molecule has 1 rings (SSSR count). The number of likely N-dealkylation sites (tertiary alicyclic amines) is 1. The standard InChI is InChI=1S/C13H23NO3/c1-5-10(15)6-7-14-11(16)8-13(4,9(2)3)12(14)17/h9-10,15H,5-8H2,1-4H3. The molecule has 4 nitrogen and oxygen atoms in total. The van der Waals surface area contributed by atoms with E-state index in [1.165, 1.54) is 4.90 Å². The molecular formula is C13H23NO3. The summed E-state index contributed by atoms with van der Waals surface area (Å²) in [6.45, 7) is 8.02. The van der Waals surface area contributed by atoms with Gasteiger partial charge in [0.05, 0.1) is 11.5 Å². The molecule has 0 aromatic heterocycles. The van der Waals surface area contributed by atoms with Crippen LogP contribution in [0.15, 0.2) is 0 Å². The van der Waals surface area contributed by atoms with Crippen LogP contribution in [0.2, 0.25) is 0 Å². The van der Waals surface area contributed by atoms with Crippen LogP contribution in [0.4, 0.5) is 0 Å². The molecule has 2 atom stereocenters. The lowest BCUT2D eigenvalue weighted by atomic mass is 9.78. The highest BCUT2D eigenvalue weighted by molar-refractivity contribution is 6.05. The summed E-state index contributed by atoms with van der Waals surface area (Å²) in [5, 5.41) is 9.48. The number of carbonyl (C=O) groups excluding carboxylic acids is 2.